The van der Waals surface area contributed by atoms with Crippen LogP contribution in [0.2, 0.25) is 0 Å². The van der Waals surface area contributed by atoms with E-state index in [-0.39, 0.29) is 0 Å². The zero-order chi connectivity index (χ0) is 13.7. The number of hydrogen-bond acceptors (Lipinski definition) is 2. The SMILES string of the molecule is C=CCC(C)N1CC(C(C)CC)NCC1C(C)C. The van der Waals surface area contributed by atoms with E-state index in [4.69, 9.17) is 0 Å². The highest BCUT2D eigenvalue weighted by Crippen LogP contribution is 2.23. The first-order chi connectivity index (χ1) is 8.51. The Morgan fingerprint density at radius 2 is 2.00 bits per heavy atom. The molecule has 0 aromatic carbocycles. The monoisotopic (exact) mass is 252 g/mol. The lowest BCUT2D eigenvalue weighted by molar-refractivity contribution is 0.0503. The van der Waals surface area contributed by atoms with E-state index in [2.05, 4.69) is 57.5 Å². The molecule has 18 heavy (non-hydrogen) atoms. The summed E-state index contributed by atoms with van der Waals surface area (Å²) in [5, 5.41) is 3.76. The van der Waals surface area contributed by atoms with Gasteiger partial charge >= 0.3 is 0 Å². The Balaban J connectivity index is 2.72. The summed E-state index contributed by atoms with van der Waals surface area (Å²) in [5.74, 6) is 1.47. The minimum atomic E-state index is 0.614. The Morgan fingerprint density at radius 3 is 2.50 bits per heavy atom. The molecule has 2 nitrogen and oxygen atoms in total. The predicted octanol–water partition coefficient (Wildman–Crippen LogP) is 3.30. The normalized spacial score (nSPS) is 29.2. The molecule has 1 saturated heterocycles. The second-order valence-corrected chi connectivity index (χ2v) is 6.28. The smallest absolute Gasteiger partial charge is 0.0247 e. The minimum absolute atomic E-state index is 0.614. The first-order valence-corrected chi connectivity index (χ1v) is 7.61. The van der Waals surface area contributed by atoms with E-state index in [1.54, 1.807) is 0 Å². The Morgan fingerprint density at radius 1 is 1.33 bits per heavy atom. The van der Waals surface area contributed by atoms with Gasteiger partial charge < -0.3 is 5.32 Å². The molecule has 0 bridgehead atoms. The fourth-order valence-electron chi connectivity index (χ4n) is 2.98. The van der Waals surface area contributed by atoms with E-state index in [0.29, 0.717) is 24.0 Å². The van der Waals surface area contributed by atoms with Crippen LogP contribution >= 0.6 is 0 Å². The van der Waals surface area contributed by atoms with Crippen LogP contribution in [0, 0.1) is 11.8 Å². The van der Waals surface area contributed by atoms with Crippen LogP contribution in [0.25, 0.3) is 0 Å². The topological polar surface area (TPSA) is 15.3 Å². The van der Waals surface area contributed by atoms with Crippen LogP contribution < -0.4 is 5.32 Å². The third kappa shape index (κ3) is 3.83. The largest absolute Gasteiger partial charge is 0.311 e. The number of hydrogen-bond donors (Lipinski definition) is 1. The number of piperazine rings is 1. The Labute approximate surface area is 114 Å². The quantitative estimate of drug-likeness (QED) is 0.730. The fourth-order valence-corrected chi connectivity index (χ4v) is 2.98. The van der Waals surface area contributed by atoms with Crippen molar-refractivity contribution in [1.29, 1.82) is 0 Å². The van der Waals surface area contributed by atoms with Crippen molar-refractivity contribution >= 4 is 0 Å². The van der Waals surface area contributed by atoms with E-state index < -0.39 is 0 Å². The third-order valence-electron chi connectivity index (χ3n) is 4.60. The van der Waals surface area contributed by atoms with Gasteiger partial charge in [0.25, 0.3) is 0 Å². The zero-order valence-corrected chi connectivity index (χ0v) is 12.9. The molecular weight excluding hydrogens is 220 g/mol. The molecule has 0 aromatic heterocycles. The molecule has 1 aliphatic heterocycles. The minimum Gasteiger partial charge on any atom is -0.311 e. The molecule has 0 spiro atoms. The van der Waals surface area contributed by atoms with Gasteiger partial charge in [0, 0.05) is 31.2 Å². The summed E-state index contributed by atoms with van der Waals surface area (Å²) in [5.41, 5.74) is 0. The van der Waals surface area contributed by atoms with Crippen molar-refractivity contribution in [1.82, 2.24) is 10.2 Å². The Hall–Kier alpha value is -0.340. The lowest BCUT2D eigenvalue weighted by Crippen LogP contribution is -2.61. The second-order valence-electron chi connectivity index (χ2n) is 6.28. The lowest BCUT2D eigenvalue weighted by Gasteiger charge is -2.46. The van der Waals surface area contributed by atoms with Crippen LogP contribution in [0.15, 0.2) is 12.7 Å². The van der Waals surface area contributed by atoms with Crippen molar-refractivity contribution in [2.75, 3.05) is 13.1 Å². The van der Waals surface area contributed by atoms with Crippen LogP contribution in [0.5, 0.6) is 0 Å². The van der Waals surface area contributed by atoms with Crippen molar-refractivity contribution in [2.24, 2.45) is 11.8 Å². The molecule has 1 aliphatic rings. The van der Waals surface area contributed by atoms with Gasteiger partial charge in [-0.3, -0.25) is 4.90 Å². The highest BCUT2D eigenvalue weighted by molar-refractivity contribution is 4.93. The molecule has 1 N–H and O–H groups in total. The number of nitrogens with zero attached hydrogens (tertiary/aromatic N) is 1. The van der Waals surface area contributed by atoms with Gasteiger partial charge in [-0.15, -0.1) is 6.58 Å². The number of rotatable bonds is 6. The molecule has 0 saturated carbocycles. The molecule has 1 fully saturated rings. The molecular formula is C16H32N2. The van der Waals surface area contributed by atoms with E-state index in [1.807, 2.05) is 0 Å². The Kier molecular flexibility index (Phi) is 6.37. The van der Waals surface area contributed by atoms with Gasteiger partial charge in [0.05, 0.1) is 0 Å². The fraction of sp³-hybridized carbons (Fsp3) is 0.875. The summed E-state index contributed by atoms with van der Waals surface area (Å²) >= 11 is 0. The number of nitrogens with one attached hydrogen (secondary N) is 1. The van der Waals surface area contributed by atoms with Gasteiger partial charge in [-0.05, 0) is 25.2 Å². The highest BCUT2D eigenvalue weighted by atomic mass is 15.3. The van der Waals surface area contributed by atoms with Crippen molar-refractivity contribution in [3.05, 3.63) is 12.7 Å². The van der Waals surface area contributed by atoms with Gasteiger partial charge in [-0.2, -0.15) is 0 Å². The molecule has 0 aliphatic carbocycles. The molecule has 0 aromatic rings. The standard InChI is InChI=1S/C16H32N2/c1-7-9-14(6)18-11-15(13(5)8-2)17-10-16(18)12(3)4/h7,12-17H,1,8-11H2,2-6H3. The van der Waals surface area contributed by atoms with E-state index in [1.165, 1.54) is 13.0 Å². The van der Waals surface area contributed by atoms with Crippen LogP contribution in [-0.4, -0.2) is 36.1 Å². The van der Waals surface area contributed by atoms with Gasteiger partial charge in [-0.25, -0.2) is 0 Å². The maximum absolute atomic E-state index is 3.89. The summed E-state index contributed by atoms with van der Waals surface area (Å²) in [6, 6.07) is 1.93. The molecule has 0 amide bonds. The van der Waals surface area contributed by atoms with Crippen molar-refractivity contribution in [3.8, 4) is 0 Å². The summed E-state index contributed by atoms with van der Waals surface area (Å²) in [6.07, 6.45) is 4.41. The van der Waals surface area contributed by atoms with E-state index in [0.717, 1.165) is 18.9 Å². The van der Waals surface area contributed by atoms with Crippen molar-refractivity contribution in [3.63, 3.8) is 0 Å². The van der Waals surface area contributed by atoms with Gasteiger partial charge in [0.2, 0.25) is 0 Å². The maximum atomic E-state index is 3.89. The molecule has 106 valence electrons. The summed E-state index contributed by atoms with van der Waals surface area (Å²) in [7, 11) is 0. The van der Waals surface area contributed by atoms with Crippen molar-refractivity contribution < 1.29 is 0 Å². The maximum Gasteiger partial charge on any atom is 0.0247 e. The summed E-state index contributed by atoms with van der Waals surface area (Å²) in [6.45, 7) is 17.9. The van der Waals surface area contributed by atoms with Gasteiger partial charge in [-0.1, -0.05) is 40.2 Å². The summed E-state index contributed by atoms with van der Waals surface area (Å²) in [4.78, 5) is 2.71. The molecule has 1 heterocycles. The first kappa shape index (κ1) is 15.7. The summed E-state index contributed by atoms with van der Waals surface area (Å²) < 4.78 is 0. The van der Waals surface area contributed by atoms with Gasteiger partial charge in [0.15, 0.2) is 0 Å². The molecule has 4 unspecified atom stereocenters. The van der Waals surface area contributed by atoms with Crippen LogP contribution in [0.1, 0.15) is 47.5 Å². The molecule has 0 radical (unpaired) electrons. The average Bonchev–Trinajstić information content (AvgIpc) is 2.37. The van der Waals surface area contributed by atoms with Gasteiger partial charge in [0.1, 0.15) is 0 Å². The zero-order valence-electron chi connectivity index (χ0n) is 12.9. The van der Waals surface area contributed by atoms with Crippen LogP contribution in [0.4, 0.5) is 0 Å². The highest BCUT2D eigenvalue weighted by Gasteiger charge is 2.33. The first-order valence-electron chi connectivity index (χ1n) is 7.61. The lowest BCUT2D eigenvalue weighted by atomic mass is 9.90. The molecule has 4 atom stereocenters. The molecule has 1 rings (SSSR count). The predicted molar refractivity (Wildman–Crippen MR) is 80.9 cm³/mol. The third-order valence-corrected chi connectivity index (χ3v) is 4.60. The van der Waals surface area contributed by atoms with E-state index >= 15 is 0 Å². The van der Waals surface area contributed by atoms with Crippen molar-refractivity contribution in [2.45, 2.75) is 65.6 Å². The molecule has 2 heteroatoms. The average molecular weight is 252 g/mol. The Bertz CT molecular complexity index is 249. The second kappa shape index (κ2) is 7.30. The van der Waals surface area contributed by atoms with E-state index in [9.17, 15) is 0 Å². The van der Waals surface area contributed by atoms with Crippen LogP contribution in [-0.2, 0) is 0 Å². The van der Waals surface area contributed by atoms with Crippen LogP contribution in [0.3, 0.4) is 0 Å².